The number of carboxylic acids is 1. The summed E-state index contributed by atoms with van der Waals surface area (Å²) in [6.45, 7) is 4.97. The molecule has 0 heterocycles. The number of hydrogen-bond donors (Lipinski definition) is 2. The molecule has 6 heteroatoms. The summed E-state index contributed by atoms with van der Waals surface area (Å²) in [7, 11) is 0. The Morgan fingerprint density at radius 1 is 1.25 bits per heavy atom. The summed E-state index contributed by atoms with van der Waals surface area (Å²) in [4.78, 5) is 27.4. The van der Waals surface area contributed by atoms with Gasteiger partial charge in [0, 0.05) is 0 Å². The Labute approximate surface area is 117 Å². The summed E-state index contributed by atoms with van der Waals surface area (Å²) < 4.78 is 4.96. The molecular weight excluding hydrogens is 262 g/mol. The zero-order valence-electron chi connectivity index (χ0n) is 11.8. The Morgan fingerprint density at radius 2 is 1.85 bits per heavy atom. The maximum Gasteiger partial charge on any atom is 0.431 e. The minimum atomic E-state index is -1.03. The lowest BCUT2D eigenvalue weighted by atomic mass is 10.0. The average Bonchev–Trinajstić information content (AvgIpc) is 2.33. The second-order valence-electron chi connectivity index (χ2n) is 5.22. The van der Waals surface area contributed by atoms with E-state index in [1.165, 1.54) is 0 Å². The van der Waals surface area contributed by atoms with Crippen LogP contribution in [0.1, 0.15) is 32.3 Å². The van der Waals surface area contributed by atoms with E-state index in [0.717, 1.165) is 0 Å². The van der Waals surface area contributed by atoms with E-state index in [-0.39, 0.29) is 6.61 Å². The molecule has 20 heavy (non-hydrogen) atoms. The van der Waals surface area contributed by atoms with Crippen LogP contribution in [-0.4, -0.2) is 29.4 Å². The first-order valence-electron chi connectivity index (χ1n) is 6.18. The van der Waals surface area contributed by atoms with Crippen molar-refractivity contribution in [3.63, 3.8) is 0 Å². The number of rotatable bonds is 5. The Bertz CT molecular complexity index is 452. The molecule has 1 atom stereocenters. The number of carboxylic acid groups (broad SMARTS) is 1. The van der Waals surface area contributed by atoms with Gasteiger partial charge in [0.15, 0.2) is 0 Å². The van der Waals surface area contributed by atoms with E-state index in [1.54, 1.807) is 51.1 Å². The van der Waals surface area contributed by atoms with Gasteiger partial charge in [0.05, 0.1) is 6.61 Å². The summed E-state index contributed by atoms with van der Waals surface area (Å²) in [6.07, 6.45) is -0.755. The fourth-order valence-corrected chi connectivity index (χ4v) is 1.48. The standard InChI is InChI=1S/C14H19NO5/c1-14(2,3)20-13(18)15-19-9-11(12(16)17)10-7-5-4-6-8-10/h4-8,11H,9H2,1-3H3,(H,15,18)(H,16,17). The number of hydrogen-bond acceptors (Lipinski definition) is 4. The first-order valence-corrected chi connectivity index (χ1v) is 6.18. The summed E-state index contributed by atoms with van der Waals surface area (Å²) in [6, 6.07) is 8.66. The van der Waals surface area contributed by atoms with E-state index in [0.29, 0.717) is 5.56 Å². The molecule has 1 unspecified atom stereocenters. The van der Waals surface area contributed by atoms with Crippen LogP contribution in [-0.2, 0) is 14.4 Å². The minimum Gasteiger partial charge on any atom is -0.481 e. The number of aliphatic carboxylic acids is 1. The SMILES string of the molecule is CC(C)(C)OC(=O)NOCC(C(=O)O)c1ccccc1. The topological polar surface area (TPSA) is 84.9 Å². The number of ether oxygens (including phenoxy) is 1. The molecule has 0 saturated heterocycles. The molecule has 2 N–H and O–H groups in total. The number of carbonyl (C=O) groups excluding carboxylic acids is 1. The zero-order valence-corrected chi connectivity index (χ0v) is 11.8. The molecule has 0 spiro atoms. The van der Waals surface area contributed by atoms with E-state index in [2.05, 4.69) is 5.48 Å². The normalized spacial score (nSPS) is 12.6. The molecule has 6 nitrogen and oxygen atoms in total. The van der Waals surface area contributed by atoms with Crippen molar-refractivity contribution in [3.05, 3.63) is 35.9 Å². The molecule has 0 bridgehead atoms. The highest BCUT2D eigenvalue weighted by molar-refractivity contribution is 5.76. The lowest BCUT2D eigenvalue weighted by Crippen LogP contribution is -2.34. The highest BCUT2D eigenvalue weighted by Crippen LogP contribution is 2.15. The average molecular weight is 281 g/mol. The molecule has 110 valence electrons. The fraction of sp³-hybridized carbons (Fsp3) is 0.429. The summed E-state index contributed by atoms with van der Waals surface area (Å²) >= 11 is 0. The molecule has 0 radical (unpaired) electrons. The van der Waals surface area contributed by atoms with Gasteiger partial charge >= 0.3 is 12.1 Å². The summed E-state index contributed by atoms with van der Waals surface area (Å²) in [5.74, 6) is -1.88. The van der Waals surface area contributed by atoms with Crippen LogP contribution in [0.15, 0.2) is 30.3 Å². The number of hydroxylamine groups is 1. The van der Waals surface area contributed by atoms with Crippen molar-refractivity contribution in [2.24, 2.45) is 0 Å². The Balaban J connectivity index is 2.49. The van der Waals surface area contributed by atoms with E-state index in [9.17, 15) is 9.59 Å². The largest absolute Gasteiger partial charge is 0.481 e. The fourth-order valence-electron chi connectivity index (χ4n) is 1.48. The Morgan fingerprint density at radius 3 is 2.35 bits per heavy atom. The number of amides is 1. The van der Waals surface area contributed by atoms with E-state index in [4.69, 9.17) is 14.7 Å². The van der Waals surface area contributed by atoms with Gasteiger partial charge in [-0.25, -0.2) is 4.79 Å². The molecule has 0 aliphatic heterocycles. The lowest BCUT2D eigenvalue weighted by Gasteiger charge is -2.20. The first-order chi connectivity index (χ1) is 9.29. The highest BCUT2D eigenvalue weighted by atomic mass is 16.7. The van der Waals surface area contributed by atoms with E-state index < -0.39 is 23.6 Å². The van der Waals surface area contributed by atoms with Crippen LogP contribution >= 0.6 is 0 Å². The molecule has 1 amide bonds. The maximum absolute atomic E-state index is 11.3. The third-order valence-corrected chi connectivity index (χ3v) is 2.30. The van der Waals surface area contributed by atoms with Gasteiger partial charge in [-0.15, -0.1) is 0 Å². The molecule has 1 rings (SSSR count). The van der Waals surface area contributed by atoms with Crippen molar-refractivity contribution in [2.45, 2.75) is 32.3 Å². The quantitative estimate of drug-likeness (QED) is 0.809. The Hall–Kier alpha value is -2.08. The van der Waals surface area contributed by atoms with Crippen molar-refractivity contribution in [2.75, 3.05) is 6.61 Å². The van der Waals surface area contributed by atoms with Crippen molar-refractivity contribution < 1.29 is 24.3 Å². The molecule has 1 aromatic carbocycles. The van der Waals surface area contributed by atoms with Gasteiger partial charge in [-0.2, -0.15) is 5.48 Å². The molecule has 0 aliphatic carbocycles. The van der Waals surface area contributed by atoms with Gasteiger partial charge in [0.25, 0.3) is 0 Å². The highest BCUT2D eigenvalue weighted by Gasteiger charge is 2.21. The Kier molecular flexibility index (Phi) is 5.52. The molecular formula is C14H19NO5. The van der Waals surface area contributed by atoms with Gasteiger partial charge in [0.1, 0.15) is 11.5 Å². The van der Waals surface area contributed by atoms with Crippen LogP contribution in [0, 0.1) is 0 Å². The number of nitrogens with one attached hydrogen (secondary N) is 1. The van der Waals surface area contributed by atoms with Gasteiger partial charge in [-0.1, -0.05) is 30.3 Å². The van der Waals surface area contributed by atoms with Gasteiger partial charge in [-0.05, 0) is 26.3 Å². The van der Waals surface area contributed by atoms with Crippen LogP contribution in [0.5, 0.6) is 0 Å². The number of benzene rings is 1. The predicted octanol–water partition coefficient (Wildman–Crippen LogP) is 2.31. The molecule has 0 fully saturated rings. The third-order valence-electron chi connectivity index (χ3n) is 2.30. The maximum atomic E-state index is 11.3. The van der Waals surface area contributed by atoms with Crippen LogP contribution in [0.2, 0.25) is 0 Å². The van der Waals surface area contributed by atoms with Crippen molar-refractivity contribution >= 4 is 12.1 Å². The molecule has 0 saturated carbocycles. The van der Waals surface area contributed by atoms with Crippen LogP contribution < -0.4 is 5.48 Å². The van der Waals surface area contributed by atoms with Crippen molar-refractivity contribution in [1.29, 1.82) is 0 Å². The predicted molar refractivity (Wildman–Crippen MR) is 72.1 cm³/mol. The van der Waals surface area contributed by atoms with E-state index in [1.807, 2.05) is 0 Å². The van der Waals surface area contributed by atoms with Gasteiger partial charge < -0.3 is 9.84 Å². The lowest BCUT2D eigenvalue weighted by molar-refractivity contribution is -0.141. The van der Waals surface area contributed by atoms with Crippen molar-refractivity contribution in [1.82, 2.24) is 5.48 Å². The van der Waals surface area contributed by atoms with Crippen LogP contribution in [0.25, 0.3) is 0 Å². The second-order valence-corrected chi connectivity index (χ2v) is 5.22. The van der Waals surface area contributed by atoms with Gasteiger partial charge in [-0.3, -0.25) is 9.63 Å². The van der Waals surface area contributed by atoms with E-state index >= 15 is 0 Å². The zero-order chi connectivity index (χ0) is 15.2. The first kappa shape index (κ1) is 16.0. The third kappa shape index (κ3) is 5.71. The van der Waals surface area contributed by atoms with Gasteiger partial charge in [0.2, 0.25) is 0 Å². The molecule has 0 aliphatic rings. The summed E-state index contributed by atoms with van der Waals surface area (Å²) in [5.41, 5.74) is 2.03. The number of carbonyl (C=O) groups is 2. The molecule has 0 aromatic heterocycles. The van der Waals surface area contributed by atoms with Crippen LogP contribution in [0.3, 0.4) is 0 Å². The monoisotopic (exact) mass is 281 g/mol. The smallest absolute Gasteiger partial charge is 0.431 e. The minimum absolute atomic E-state index is 0.182. The molecule has 1 aromatic rings. The van der Waals surface area contributed by atoms with Crippen molar-refractivity contribution in [3.8, 4) is 0 Å². The van der Waals surface area contributed by atoms with Crippen LogP contribution in [0.4, 0.5) is 4.79 Å². The summed E-state index contributed by atoms with van der Waals surface area (Å²) in [5, 5.41) is 9.15. The second kappa shape index (κ2) is 6.91.